The SMILES string of the molecule is COc1cccc(/C=C/C(=O)OCc2csc(-c3ccc(C(C)C)cc3)n2)c1OC. The minimum Gasteiger partial charge on any atom is -0.493 e. The number of hydrogen-bond acceptors (Lipinski definition) is 6. The van der Waals surface area contributed by atoms with Crippen molar-refractivity contribution in [1.82, 2.24) is 4.98 Å². The third-order valence-corrected chi connectivity index (χ3v) is 5.51. The van der Waals surface area contributed by atoms with Crippen LogP contribution in [-0.4, -0.2) is 25.2 Å². The van der Waals surface area contributed by atoms with Crippen molar-refractivity contribution in [2.75, 3.05) is 14.2 Å². The molecule has 0 N–H and O–H groups in total. The van der Waals surface area contributed by atoms with Gasteiger partial charge in [0.15, 0.2) is 11.5 Å². The zero-order valence-corrected chi connectivity index (χ0v) is 18.4. The van der Waals surface area contributed by atoms with Gasteiger partial charge in [0, 0.05) is 22.6 Å². The van der Waals surface area contributed by atoms with Crippen molar-refractivity contribution in [2.24, 2.45) is 0 Å². The molecule has 0 aliphatic rings. The highest BCUT2D eigenvalue weighted by Gasteiger charge is 2.09. The van der Waals surface area contributed by atoms with Crippen LogP contribution in [0.3, 0.4) is 0 Å². The molecule has 30 heavy (non-hydrogen) atoms. The maximum absolute atomic E-state index is 12.1. The molecule has 0 amide bonds. The molecule has 6 heteroatoms. The van der Waals surface area contributed by atoms with Crippen LogP contribution >= 0.6 is 11.3 Å². The number of carbonyl (C=O) groups is 1. The summed E-state index contributed by atoms with van der Waals surface area (Å²) in [4.78, 5) is 16.7. The Morgan fingerprint density at radius 1 is 1.10 bits per heavy atom. The lowest BCUT2D eigenvalue weighted by Crippen LogP contribution is -2.01. The molecular formula is C24H25NO4S. The quantitative estimate of drug-likeness (QED) is 0.343. The molecule has 0 aliphatic heterocycles. The normalized spacial score (nSPS) is 11.1. The standard InChI is InChI=1S/C24H25NO4S/c1-16(2)17-8-10-19(11-9-17)24-25-20(15-30-24)14-29-22(26)13-12-18-6-5-7-21(27-3)23(18)28-4/h5-13,15-16H,14H2,1-4H3/b13-12+. The van der Waals surface area contributed by atoms with Gasteiger partial charge >= 0.3 is 5.97 Å². The first-order chi connectivity index (χ1) is 14.5. The molecule has 5 nitrogen and oxygen atoms in total. The molecule has 1 heterocycles. The van der Waals surface area contributed by atoms with Gasteiger partial charge in [0.25, 0.3) is 0 Å². The van der Waals surface area contributed by atoms with Crippen LogP contribution < -0.4 is 9.47 Å². The van der Waals surface area contributed by atoms with Crippen molar-refractivity contribution < 1.29 is 19.0 Å². The lowest BCUT2D eigenvalue weighted by Gasteiger charge is -2.09. The Balaban J connectivity index is 1.60. The number of rotatable bonds is 8. The number of esters is 1. The summed E-state index contributed by atoms with van der Waals surface area (Å²) in [7, 11) is 3.13. The fraction of sp³-hybridized carbons (Fsp3) is 0.250. The van der Waals surface area contributed by atoms with E-state index in [1.54, 1.807) is 26.4 Å². The second kappa shape index (κ2) is 10.1. The minimum atomic E-state index is -0.448. The summed E-state index contributed by atoms with van der Waals surface area (Å²) in [6.45, 7) is 4.46. The average Bonchev–Trinajstić information content (AvgIpc) is 3.25. The summed E-state index contributed by atoms with van der Waals surface area (Å²) in [5, 5.41) is 2.82. The summed E-state index contributed by atoms with van der Waals surface area (Å²) in [5.41, 5.74) is 3.81. The zero-order chi connectivity index (χ0) is 21.5. The van der Waals surface area contributed by atoms with Gasteiger partial charge in [-0.2, -0.15) is 0 Å². The summed E-state index contributed by atoms with van der Waals surface area (Å²) in [5.74, 6) is 1.21. The van der Waals surface area contributed by atoms with Crippen LogP contribution in [0.4, 0.5) is 0 Å². The maximum Gasteiger partial charge on any atom is 0.331 e. The molecule has 0 radical (unpaired) electrons. The lowest BCUT2D eigenvalue weighted by molar-refractivity contribution is -0.139. The van der Waals surface area contributed by atoms with E-state index in [-0.39, 0.29) is 6.61 Å². The topological polar surface area (TPSA) is 57.7 Å². The first kappa shape index (κ1) is 21.6. The first-order valence-electron chi connectivity index (χ1n) is 9.62. The monoisotopic (exact) mass is 423 g/mol. The number of carbonyl (C=O) groups excluding carboxylic acids is 1. The van der Waals surface area contributed by atoms with E-state index in [0.29, 0.717) is 17.4 Å². The van der Waals surface area contributed by atoms with Gasteiger partial charge in [0.2, 0.25) is 0 Å². The third-order valence-electron chi connectivity index (χ3n) is 4.57. The molecule has 0 spiro atoms. The Bertz CT molecular complexity index is 1020. The largest absolute Gasteiger partial charge is 0.493 e. The number of benzene rings is 2. The number of aromatic nitrogens is 1. The van der Waals surface area contributed by atoms with Gasteiger partial charge in [-0.3, -0.25) is 0 Å². The number of methoxy groups -OCH3 is 2. The van der Waals surface area contributed by atoms with Gasteiger partial charge in [-0.1, -0.05) is 50.2 Å². The summed E-state index contributed by atoms with van der Waals surface area (Å²) < 4.78 is 15.9. The van der Waals surface area contributed by atoms with Gasteiger partial charge in [-0.25, -0.2) is 9.78 Å². The van der Waals surface area contributed by atoms with Crippen LogP contribution in [0.5, 0.6) is 11.5 Å². The Labute approximate surface area is 181 Å². The van der Waals surface area contributed by atoms with Gasteiger partial charge in [-0.15, -0.1) is 11.3 Å². The Hall–Kier alpha value is -3.12. The molecule has 3 aromatic rings. The van der Waals surface area contributed by atoms with Gasteiger partial charge < -0.3 is 14.2 Å². The van der Waals surface area contributed by atoms with E-state index < -0.39 is 5.97 Å². The first-order valence-corrected chi connectivity index (χ1v) is 10.5. The van der Waals surface area contributed by atoms with E-state index in [4.69, 9.17) is 14.2 Å². The highest BCUT2D eigenvalue weighted by Crippen LogP contribution is 2.31. The average molecular weight is 424 g/mol. The number of para-hydroxylation sites is 1. The molecule has 0 bridgehead atoms. The maximum atomic E-state index is 12.1. The lowest BCUT2D eigenvalue weighted by atomic mass is 10.0. The Morgan fingerprint density at radius 2 is 1.87 bits per heavy atom. The van der Waals surface area contributed by atoms with Crippen molar-refractivity contribution in [3.8, 4) is 22.1 Å². The van der Waals surface area contributed by atoms with Crippen molar-refractivity contribution in [2.45, 2.75) is 26.4 Å². The molecule has 0 saturated heterocycles. The van der Waals surface area contributed by atoms with E-state index >= 15 is 0 Å². The third kappa shape index (κ3) is 5.27. The highest BCUT2D eigenvalue weighted by molar-refractivity contribution is 7.13. The smallest absolute Gasteiger partial charge is 0.331 e. The van der Waals surface area contributed by atoms with Crippen LogP contribution in [0, 0.1) is 0 Å². The zero-order valence-electron chi connectivity index (χ0n) is 17.5. The van der Waals surface area contributed by atoms with Gasteiger partial charge in [0.05, 0.1) is 19.9 Å². The van der Waals surface area contributed by atoms with E-state index in [1.807, 2.05) is 17.5 Å². The molecule has 156 valence electrons. The number of ether oxygens (including phenoxy) is 3. The predicted molar refractivity (Wildman–Crippen MR) is 120 cm³/mol. The van der Waals surface area contributed by atoms with E-state index in [1.165, 1.54) is 23.0 Å². The van der Waals surface area contributed by atoms with Crippen LogP contribution in [0.25, 0.3) is 16.6 Å². The molecule has 0 atom stereocenters. The Morgan fingerprint density at radius 3 is 2.53 bits per heavy atom. The summed E-state index contributed by atoms with van der Waals surface area (Å²) in [6.07, 6.45) is 3.02. The predicted octanol–water partition coefficient (Wildman–Crippen LogP) is 5.71. The summed E-state index contributed by atoms with van der Waals surface area (Å²) >= 11 is 1.54. The van der Waals surface area contributed by atoms with Gasteiger partial charge in [0.1, 0.15) is 11.6 Å². The Kier molecular flexibility index (Phi) is 7.25. The number of nitrogens with zero attached hydrogens (tertiary/aromatic N) is 1. The number of hydrogen-bond donors (Lipinski definition) is 0. The minimum absolute atomic E-state index is 0.124. The van der Waals surface area contributed by atoms with Gasteiger partial charge in [-0.05, 0) is 23.6 Å². The fourth-order valence-electron chi connectivity index (χ4n) is 2.91. The molecule has 2 aromatic carbocycles. The van der Waals surface area contributed by atoms with Crippen LogP contribution in [-0.2, 0) is 16.1 Å². The number of thiazole rings is 1. The molecule has 0 saturated carbocycles. The van der Waals surface area contributed by atoms with E-state index in [0.717, 1.165) is 21.8 Å². The second-order valence-electron chi connectivity index (χ2n) is 6.94. The molecular weight excluding hydrogens is 398 g/mol. The fourth-order valence-corrected chi connectivity index (χ4v) is 3.72. The molecule has 0 aliphatic carbocycles. The molecule has 0 fully saturated rings. The molecule has 1 aromatic heterocycles. The van der Waals surface area contributed by atoms with Crippen LogP contribution in [0.1, 0.15) is 36.6 Å². The highest BCUT2D eigenvalue weighted by atomic mass is 32.1. The van der Waals surface area contributed by atoms with E-state index in [9.17, 15) is 4.79 Å². The van der Waals surface area contributed by atoms with Crippen molar-refractivity contribution in [1.29, 1.82) is 0 Å². The summed E-state index contributed by atoms with van der Waals surface area (Å²) in [6, 6.07) is 13.9. The van der Waals surface area contributed by atoms with E-state index in [2.05, 4.69) is 43.1 Å². The molecule has 3 rings (SSSR count). The molecule has 0 unspecified atom stereocenters. The van der Waals surface area contributed by atoms with Crippen LogP contribution in [0.2, 0.25) is 0 Å². The van der Waals surface area contributed by atoms with Crippen LogP contribution in [0.15, 0.2) is 53.9 Å². The second-order valence-corrected chi connectivity index (χ2v) is 7.80. The van der Waals surface area contributed by atoms with Crippen molar-refractivity contribution in [3.63, 3.8) is 0 Å². The van der Waals surface area contributed by atoms with Crippen molar-refractivity contribution in [3.05, 3.63) is 70.7 Å². The van der Waals surface area contributed by atoms with Crippen molar-refractivity contribution >= 4 is 23.4 Å².